The summed E-state index contributed by atoms with van der Waals surface area (Å²) in [6.45, 7) is 4.35. The van der Waals surface area contributed by atoms with Crippen LogP contribution in [0.2, 0.25) is 0 Å². The summed E-state index contributed by atoms with van der Waals surface area (Å²) in [6.07, 6.45) is -0.218. The minimum Gasteiger partial charge on any atom is -0.481 e. The highest BCUT2D eigenvalue weighted by Gasteiger charge is 2.20. The predicted octanol–water partition coefficient (Wildman–Crippen LogP) is 3.20. The van der Waals surface area contributed by atoms with E-state index in [1.165, 1.54) is 11.3 Å². The Kier molecular flexibility index (Phi) is 4.87. The molecule has 2 aromatic rings. The second-order valence-corrected chi connectivity index (χ2v) is 5.49. The van der Waals surface area contributed by atoms with Crippen molar-refractivity contribution in [3.63, 3.8) is 0 Å². The zero-order valence-corrected chi connectivity index (χ0v) is 12.3. The molecule has 1 unspecified atom stereocenters. The molecule has 2 rings (SSSR count). The maximum Gasteiger partial charge on any atom is 0.308 e. The average molecular weight is 291 g/mol. The summed E-state index contributed by atoms with van der Waals surface area (Å²) in [7, 11) is 0. The van der Waals surface area contributed by atoms with E-state index in [0.717, 1.165) is 21.1 Å². The van der Waals surface area contributed by atoms with Gasteiger partial charge in [-0.2, -0.15) is 0 Å². The molecule has 0 spiro atoms. The van der Waals surface area contributed by atoms with Crippen LogP contribution in [0.1, 0.15) is 34.2 Å². The smallest absolute Gasteiger partial charge is 0.308 e. The van der Waals surface area contributed by atoms with Crippen molar-refractivity contribution in [2.75, 3.05) is 6.61 Å². The van der Waals surface area contributed by atoms with Crippen LogP contribution >= 0.6 is 11.3 Å². The van der Waals surface area contributed by atoms with Gasteiger partial charge in [0.15, 0.2) is 0 Å². The Balaban J connectivity index is 2.33. The highest BCUT2D eigenvalue weighted by Crippen LogP contribution is 2.31. The van der Waals surface area contributed by atoms with E-state index in [-0.39, 0.29) is 12.5 Å². The van der Waals surface area contributed by atoms with Gasteiger partial charge in [-0.1, -0.05) is 30.3 Å². The number of aromatic nitrogens is 1. The van der Waals surface area contributed by atoms with Crippen LogP contribution in [0.4, 0.5) is 0 Å². The Morgan fingerprint density at radius 3 is 2.70 bits per heavy atom. The number of carbonyl (C=O) groups is 1. The Hall–Kier alpha value is -1.72. The van der Waals surface area contributed by atoms with Gasteiger partial charge in [-0.25, -0.2) is 4.98 Å². The van der Waals surface area contributed by atoms with Gasteiger partial charge < -0.3 is 9.84 Å². The number of carboxylic acids is 1. The summed E-state index contributed by atoms with van der Waals surface area (Å²) < 4.78 is 5.79. The molecular weight excluding hydrogens is 274 g/mol. The molecule has 106 valence electrons. The fraction of sp³-hybridized carbons (Fsp3) is 0.333. The van der Waals surface area contributed by atoms with Crippen LogP contribution in [0.15, 0.2) is 30.3 Å². The monoisotopic (exact) mass is 291 g/mol. The van der Waals surface area contributed by atoms with Gasteiger partial charge in [0.2, 0.25) is 0 Å². The minimum atomic E-state index is -0.837. The molecule has 1 atom stereocenters. The van der Waals surface area contributed by atoms with Gasteiger partial charge in [0, 0.05) is 11.5 Å². The van der Waals surface area contributed by atoms with Crippen LogP contribution in [0.5, 0.6) is 0 Å². The van der Waals surface area contributed by atoms with Crippen molar-refractivity contribution in [3.8, 4) is 0 Å². The van der Waals surface area contributed by atoms with Gasteiger partial charge in [0.1, 0.15) is 11.1 Å². The van der Waals surface area contributed by atoms with Crippen LogP contribution in [-0.4, -0.2) is 22.7 Å². The van der Waals surface area contributed by atoms with E-state index in [1.807, 2.05) is 44.2 Å². The summed E-state index contributed by atoms with van der Waals surface area (Å²) in [6, 6.07) is 9.86. The van der Waals surface area contributed by atoms with Crippen molar-refractivity contribution >= 4 is 17.3 Å². The number of ether oxygens (including phenoxy) is 1. The largest absolute Gasteiger partial charge is 0.481 e. The molecular formula is C15H17NO3S. The van der Waals surface area contributed by atoms with Gasteiger partial charge in [0.25, 0.3) is 0 Å². The first-order valence-electron chi connectivity index (χ1n) is 6.46. The van der Waals surface area contributed by atoms with E-state index >= 15 is 0 Å². The highest BCUT2D eigenvalue weighted by molar-refractivity contribution is 7.12. The quantitative estimate of drug-likeness (QED) is 0.888. The number of aliphatic carboxylic acids is 1. The molecule has 0 aliphatic rings. The third-order valence-corrected chi connectivity index (χ3v) is 4.08. The predicted molar refractivity (Wildman–Crippen MR) is 78.1 cm³/mol. The number of hydrogen-bond donors (Lipinski definition) is 1. The Morgan fingerprint density at radius 2 is 2.10 bits per heavy atom. The van der Waals surface area contributed by atoms with Crippen molar-refractivity contribution in [1.29, 1.82) is 0 Å². The van der Waals surface area contributed by atoms with E-state index < -0.39 is 5.97 Å². The molecule has 5 heteroatoms. The van der Waals surface area contributed by atoms with Gasteiger partial charge in [-0.05, 0) is 19.4 Å². The van der Waals surface area contributed by atoms with Crippen LogP contribution in [-0.2, 0) is 16.0 Å². The fourth-order valence-corrected chi connectivity index (χ4v) is 3.10. The van der Waals surface area contributed by atoms with Gasteiger partial charge in [0.05, 0.1) is 12.1 Å². The van der Waals surface area contributed by atoms with Crippen molar-refractivity contribution in [2.45, 2.75) is 26.4 Å². The van der Waals surface area contributed by atoms with E-state index in [9.17, 15) is 4.79 Å². The van der Waals surface area contributed by atoms with Crippen molar-refractivity contribution in [1.82, 2.24) is 4.98 Å². The maximum absolute atomic E-state index is 10.8. The van der Waals surface area contributed by atoms with Crippen LogP contribution in [0.3, 0.4) is 0 Å². The second-order valence-electron chi connectivity index (χ2n) is 4.38. The third kappa shape index (κ3) is 3.43. The molecule has 1 aromatic heterocycles. The number of rotatable bonds is 6. The molecule has 1 N–H and O–H groups in total. The molecule has 0 bridgehead atoms. The summed E-state index contributed by atoms with van der Waals surface area (Å²) in [4.78, 5) is 16.1. The summed E-state index contributed by atoms with van der Waals surface area (Å²) in [5, 5.41) is 9.72. The summed E-state index contributed by atoms with van der Waals surface area (Å²) in [5.41, 5.74) is 1.80. The van der Waals surface area contributed by atoms with E-state index in [2.05, 4.69) is 4.98 Å². The molecule has 0 radical (unpaired) electrons. The number of carboxylic acid groups (broad SMARTS) is 1. The lowest BCUT2D eigenvalue weighted by molar-refractivity contribution is -0.136. The average Bonchev–Trinajstić information content (AvgIpc) is 2.77. The van der Waals surface area contributed by atoms with Crippen LogP contribution < -0.4 is 0 Å². The molecule has 0 aliphatic carbocycles. The summed E-state index contributed by atoms with van der Waals surface area (Å²) >= 11 is 1.41. The molecule has 4 nitrogen and oxygen atoms in total. The zero-order chi connectivity index (χ0) is 14.5. The normalized spacial score (nSPS) is 12.3. The molecule has 20 heavy (non-hydrogen) atoms. The maximum atomic E-state index is 10.8. The van der Waals surface area contributed by atoms with Gasteiger partial charge in [-0.15, -0.1) is 11.3 Å². The van der Waals surface area contributed by atoms with Gasteiger partial charge >= 0.3 is 5.97 Å². The SMILES string of the molecule is CCOC(c1ccccc1)c1nc(C)c(CC(=O)O)s1. The van der Waals surface area contributed by atoms with Crippen molar-refractivity contribution < 1.29 is 14.6 Å². The standard InChI is InChI=1S/C15H17NO3S/c1-3-19-14(11-7-5-4-6-8-11)15-16-10(2)12(20-15)9-13(17)18/h4-8,14H,3,9H2,1-2H3,(H,17,18). The van der Waals surface area contributed by atoms with Crippen LogP contribution in [0, 0.1) is 6.92 Å². The number of aryl methyl sites for hydroxylation is 1. The lowest BCUT2D eigenvalue weighted by Crippen LogP contribution is -2.05. The Labute approximate surface area is 122 Å². The Morgan fingerprint density at radius 1 is 1.40 bits per heavy atom. The topological polar surface area (TPSA) is 59.4 Å². The fourth-order valence-electron chi connectivity index (χ4n) is 1.97. The minimum absolute atomic E-state index is 0.0110. The molecule has 0 saturated heterocycles. The van der Waals surface area contributed by atoms with Gasteiger partial charge in [-0.3, -0.25) is 4.79 Å². The van der Waals surface area contributed by atoms with Crippen molar-refractivity contribution in [3.05, 3.63) is 51.5 Å². The lowest BCUT2D eigenvalue weighted by atomic mass is 10.1. The first-order chi connectivity index (χ1) is 9.61. The number of nitrogens with zero attached hydrogens (tertiary/aromatic N) is 1. The van der Waals surface area contributed by atoms with Crippen molar-refractivity contribution in [2.24, 2.45) is 0 Å². The first kappa shape index (κ1) is 14.7. The molecule has 0 aliphatic heterocycles. The number of thiazole rings is 1. The second kappa shape index (κ2) is 6.63. The highest BCUT2D eigenvalue weighted by atomic mass is 32.1. The van der Waals surface area contributed by atoms with E-state index in [0.29, 0.717) is 6.61 Å². The molecule has 0 amide bonds. The molecule has 0 fully saturated rings. The van der Waals surface area contributed by atoms with E-state index in [1.54, 1.807) is 0 Å². The lowest BCUT2D eigenvalue weighted by Gasteiger charge is -2.14. The molecule has 1 aromatic carbocycles. The third-order valence-electron chi connectivity index (χ3n) is 2.88. The molecule has 1 heterocycles. The van der Waals surface area contributed by atoms with Crippen LogP contribution in [0.25, 0.3) is 0 Å². The molecule has 0 saturated carbocycles. The first-order valence-corrected chi connectivity index (χ1v) is 7.28. The Bertz CT molecular complexity index is 580. The van der Waals surface area contributed by atoms with E-state index in [4.69, 9.17) is 9.84 Å². The number of benzene rings is 1. The number of hydrogen-bond acceptors (Lipinski definition) is 4. The zero-order valence-electron chi connectivity index (χ0n) is 11.5. The summed E-state index contributed by atoms with van der Waals surface area (Å²) in [5.74, 6) is -0.837.